The van der Waals surface area contributed by atoms with E-state index in [9.17, 15) is 19.8 Å². The summed E-state index contributed by atoms with van der Waals surface area (Å²) in [4.78, 5) is 23.1. The van der Waals surface area contributed by atoms with Gasteiger partial charge in [-0.05, 0) is 77.0 Å². The molecule has 8 heteroatoms. The van der Waals surface area contributed by atoms with Crippen molar-refractivity contribution in [1.82, 2.24) is 0 Å². The average molecular weight is 724 g/mol. The van der Waals surface area contributed by atoms with Crippen molar-refractivity contribution in [3.8, 4) is 0 Å². The molecule has 2 atom stereocenters. The largest absolute Gasteiger partial charge is 0.545 e. The first-order valence-electron chi connectivity index (χ1n) is 19.1. The maximum atomic E-state index is 11.9. The zero-order chi connectivity index (χ0) is 38.4. The van der Waals surface area contributed by atoms with E-state index >= 15 is 0 Å². The molecule has 0 rings (SSSR count). The van der Waals surface area contributed by atoms with Crippen molar-refractivity contribution in [2.45, 2.75) is 109 Å². The maximum Gasteiger partial charge on any atom is 0.305 e. The number of carbonyl (C=O) groups is 2. The molecule has 0 aromatic carbocycles. The number of rotatable bonds is 33. The van der Waals surface area contributed by atoms with Gasteiger partial charge in [-0.15, -0.1) is 0 Å². The van der Waals surface area contributed by atoms with Crippen molar-refractivity contribution < 1.29 is 38.5 Å². The summed E-state index contributed by atoms with van der Waals surface area (Å²) in [7, 11) is 5.85. The molecular formula is C44H69NO7. The molecular weight excluding hydrogens is 654 g/mol. The molecule has 0 aliphatic heterocycles. The van der Waals surface area contributed by atoms with E-state index < -0.39 is 24.3 Å². The number of carboxylic acid groups (broad SMARTS) is 1. The summed E-state index contributed by atoms with van der Waals surface area (Å²) in [6, 6.07) is 0. The number of nitrogens with zero attached hydrogens (tertiary/aromatic N) is 1. The van der Waals surface area contributed by atoms with Gasteiger partial charge in [-0.1, -0.05) is 123 Å². The second-order valence-electron chi connectivity index (χ2n) is 13.3. The Kier molecular flexibility index (Phi) is 33.4. The van der Waals surface area contributed by atoms with Crippen LogP contribution in [-0.4, -0.2) is 81.4 Å². The molecule has 0 aromatic rings. The minimum absolute atomic E-state index is 0.158. The molecule has 0 spiro atoms. The van der Waals surface area contributed by atoms with Crippen molar-refractivity contribution in [1.29, 1.82) is 0 Å². The van der Waals surface area contributed by atoms with E-state index in [0.717, 1.165) is 77.0 Å². The van der Waals surface area contributed by atoms with E-state index in [0.29, 0.717) is 17.4 Å². The summed E-state index contributed by atoms with van der Waals surface area (Å²) in [5.74, 6) is -1.92. The Morgan fingerprint density at radius 1 is 0.596 bits per heavy atom. The SMILES string of the molecule is CC/C=C\C/C=C\C/C=C\C/C=C\C/C=C\C/C=C\C/C=C\C/C=C\C/C=C\CCCCCC(=O)OCC(O)COC(OCC[N+](C)(C)C)C(=O)[O-]. The van der Waals surface area contributed by atoms with Crippen LogP contribution in [0.3, 0.4) is 0 Å². The second kappa shape index (κ2) is 35.8. The number of likely N-dealkylation sites (N-methyl/N-ethyl adjacent to an activating group) is 1. The smallest absolute Gasteiger partial charge is 0.305 e. The van der Waals surface area contributed by atoms with Gasteiger partial charge in [0.2, 0.25) is 0 Å². The number of aliphatic carboxylic acids is 1. The van der Waals surface area contributed by atoms with Crippen molar-refractivity contribution in [3.63, 3.8) is 0 Å². The molecule has 1 N–H and O–H groups in total. The number of hydrogen-bond acceptors (Lipinski definition) is 7. The Balaban J connectivity index is 3.73. The molecule has 0 bridgehead atoms. The molecule has 0 amide bonds. The predicted octanol–water partition coefficient (Wildman–Crippen LogP) is 8.19. The van der Waals surface area contributed by atoms with Crippen LogP contribution in [0.5, 0.6) is 0 Å². The topological polar surface area (TPSA) is 105 Å². The van der Waals surface area contributed by atoms with Crippen LogP contribution >= 0.6 is 0 Å². The van der Waals surface area contributed by atoms with Gasteiger partial charge in [-0.25, -0.2) is 0 Å². The standard InChI is InChI=1S/C44H69NO7/c1-5-6-7-8-9-10-11-12-13-14-15-16-17-18-19-20-21-22-23-24-25-26-27-28-29-30-31-32-33-34-35-36-42(47)51-39-41(46)40-52-44(43(48)49)50-38-37-45(2,3)4/h6-7,9-10,12-13,15-16,18-19,21-22,24-25,27-28,30-31,41,44,46H,5,8,11,14,17,20,23,26,29,32-40H2,1-4H3/b7-6-,10-9-,13-12-,16-15-,19-18-,22-21-,25-24-,28-27-,31-30-. The molecule has 8 nitrogen and oxygen atoms in total. The third kappa shape index (κ3) is 37.7. The number of unbranched alkanes of at least 4 members (excludes halogenated alkanes) is 3. The Labute approximate surface area is 315 Å². The lowest BCUT2D eigenvalue weighted by Gasteiger charge is -2.26. The summed E-state index contributed by atoms with van der Waals surface area (Å²) in [6.45, 7) is 2.27. The zero-order valence-corrected chi connectivity index (χ0v) is 32.6. The molecule has 0 aromatic heterocycles. The van der Waals surface area contributed by atoms with E-state index in [1.807, 2.05) is 21.1 Å². The monoisotopic (exact) mass is 724 g/mol. The van der Waals surface area contributed by atoms with Crippen molar-refractivity contribution in [2.24, 2.45) is 0 Å². The fourth-order valence-corrected chi connectivity index (χ4v) is 4.29. The summed E-state index contributed by atoms with van der Waals surface area (Å²) in [5, 5.41) is 21.2. The summed E-state index contributed by atoms with van der Waals surface area (Å²) in [6.07, 6.45) is 49.6. The molecule has 0 heterocycles. The highest BCUT2D eigenvalue weighted by atomic mass is 16.7. The van der Waals surface area contributed by atoms with Crippen molar-refractivity contribution in [2.75, 3.05) is 47.5 Å². The van der Waals surface area contributed by atoms with E-state index in [-0.39, 0.29) is 26.2 Å². The number of aliphatic hydroxyl groups excluding tert-OH is 1. The van der Waals surface area contributed by atoms with E-state index in [1.165, 1.54) is 0 Å². The van der Waals surface area contributed by atoms with Gasteiger partial charge >= 0.3 is 5.97 Å². The molecule has 0 radical (unpaired) electrons. The Morgan fingerprint density at radius 2 is 1.02 bits per heavy atom. The van der Waals surface area contributed by atoms with Crippen LogP contribution in [0.25, 0.3) is 0 Å². The minimum Gasteiger partial charge on any atom is -0.545 e. The Morgan fingerprint density at radius 3 is 1.42 bits per heavy atom. The number of allylic oxidation sites excluding steroid dienone is 18. The highest BCUT2D eigenvalue weighted by Crippen LogP contribution is 2.07. The zero-order valence-electron chi connectivity index (χ0n) is 32.6. The fourth-order valence-electron chi connectivity index (χ4n) is 4.29. The van der Waals surface area contributed by atoms with Crippen LogP contribution in [-0.2, 0) is 23.8 Å². The summed E-state index contributed by atoms with van der Waals surface area (Å²) >= 11 is 0. The first kappa shape index (κ1) is 48.4. The van der Waals surface area contributed by atoms with Gasteiger partial charge in [0.05, 0.1) is 40.3 Å². The summed E-state index contributed by atoms with van der Waals surface area (Å²) < 4.78 is 15.9. The lowest BCUT2D eigenvalue weighted by molar-refractivity contribution is -0.870. The van der Waals surface area contributed by atoms with Gasteiger partial charge in [0.1, 0.15) is 19.3 Å². The molecule has 0 aliphatic rings. The molecule has 0 saturated carbocycles. The number of hydrogen-bond donors (Lipinski definition) is 1. The van der Waals surface area contributed by atoms with Gasteiger partial charge in [0.25, 0.3) is 0 Å². The van der Waals surface area contributed by atoms with Gasteiger partial charge in [0, 0.05) is 6.42 Å². The van der Waals surface area contributed by atoms with Gasteiger partial charge < -0.3 is 33.7 Å². The van der Waals surface area contributed by atoms with Crippen LogP contribution in [0, 0.1) is 0 Å². The number of carbonyl (C=O) groups excluding carboxylic acids is 2. The molecule has 0 saturated heterocycles. The molecule has 0 aliphatic carbocycles. The second-order valence-corrected chi connectivity index (χ2v) is 13.3. The van der Waals surface area contributed by atoms with Gasteiger partial charge in [-0.3, -0.25) is 4.79 Å². The number of aliphatic hydroxyl groups is 1. The van der Waals surface area contributed by atoms with Crippen LogP contribution in [0.1, 0.15) is 96.8 Å². The predicted molar refractivity (Wildman–Crippen MR) is 213 cm³/mol. The number of carboxylic acids is 1. The highest BCUT2D eigenvalue weighted by molar-refractivity contribution is 5.69. The third-order valence-electron chi connectivity index (χ3n) is 7.27. The number of esters is 1. The molecule has 0 fully saturated rings. The highest BCUT2D eigenvalue weighted by Gasteiger charge is 2.17. The lowest BCUT2D eigenvalue weighted by atomic mass is 10.1. The average Bonchev–Trinajstić information content (AvgIpc) is 3.10. The van der Waals surface area contributed by atoms with Crippen LogP contribution in [0.2, 0.25) is 0 Å². The first-order chi connectivity index (χ1) is 25.2. The van der Waals surface area contributed by atoms with Gasteiger partial charge in [-0.2, -0.15) is 0 Å². The molecule has 2 unspecified atom stereocenters. The van der Waals surface area contributed by atoms with Crippen molar-refractivity contribution in [3.05, 3.63) is 109 Å². The summed E-state index contributed by atoms with van der Waals surface area (Å²) in [5.41, 5.74) is 0. The van der Waals surface area contributed by atoms with Crippen LogP contribution in [0.4, 0.5) is 0 Å². The number of quaternary nitrogens is 1. The van der Waals surface area contributed by atoms with E-state index in [2.05, 4.69) is 116 Å². The fraction of sp³-hybridized carbons (Fsp3) is 0.545. The van der Waals surface area contributed by atoms with E-state index in [1.54, 1.807) is 0 Å². The number of ether oxygens (including phenoxy) is 3. The quantitative estimate of drug-likeness (QED) is 0.0239. The minimum atomic E-state index is -1.59. The molecule has 292 valence electrons. The van der Waals surface area contributed by atoms with Crippen LogP contribution in [0.15, 0.2) is 109 Å². The van der Waals surface area contributed by atoms with Gasteiger partial charge in [0.15, 0.2) is 6.29 Å². The first-order valence-corrected chi connectivity index (χ1v) is 19.1. The lowest BCUT2D eigenvalue weighted by Crippen LogP contribution is -2.44. The van der Waals surface area contributed by atoms with Crippen LogP contribution < -0.4 is 5.11 Å². The maximum absolute atomic E-state index is 11.9. The Bertz CT molecular complexity index is 1150. The van der Waals surface area contributed by atoms with Crippen molar-refractivity contribution >= 4 is 11.9 Å². The Hall–Kier alpha value is -3.56. The molecule has 52 heavy (non-hydrogen) atoms. The third-order valence-corrected chi connectivity index (χ3v) is 7.27. The normalized spacial score (nSPS) is 14.4. The van der Waals surface area contributed by atoms with E-state index in [4.69, 9.17) is 14.2 Å².